The van der Waals surface area contributed by atoms with Gasteiger partial charge in [-0.25, -0.2) is 0 Å². The summed E-state index contributed by atoms with van der Waals surface area (Å²) in [7, 11) is 3.58. The van der Waals surface area contributed by atoms with Crippen LogP contribution in [0.15, 0.2) is 6.20 Å². The number of nitrogen functional groups attached to an aromatic ring is 1. The Bertz CT molecular complexity index is 381. The molecule has 0 spiro atoms. The minimum atomic E-state index is -0.0715. The number of rotatable bonds is 2. The van der Waals surface area contributed by atoms with E-state index in [2.05, 4.69) is 5.10 Å². The SMILES string of the molecule is CN(C(=O)c1nn(C)cc1N)C1CCC1. The van der Waals surface area contributed by atoms with Gasteiger partial charge >= 0.3 is 0 Å². The van der Waals surface area contributed by atoms with Gasteiger partial charge in [-0.05, 0) is 19.3 Å². The molecule has 1 aromatic rings. The van der Waals surface area contributed by atoms with Gasteiger partial charge in [-0.1, -0.05) is 0 Å². The molecule has 1 heterocycles. The molecule has 82 valence electrons. The van der Waals surface area contributed by atoms with Crippen molar-refractivity contribution in [1.29, 1.82) is 0 Å². The van der Waals surface area contributed by atoms with Crippen molar-refractivity contribution < 1.29 is 4.79 Å². The van der Waals surface area contributed by atoms with Crippen LogP contribution in [0.4, 0.5) is 5.69 Å². The van der Waals surface area contributed by atoms with Gasteiger partial charge in [-0.2, -0.15) is 5.10 Å². The van der Waals surface area contributed by atoms with E-state index in [1.54, 1.807) is 22.8 Å². The highest BCUT2D eigenvalue weighted by molar-refractivity contribution is 5.97. The third-order valence-corrected chi connectivity index (χ3v) is 3.00. The number of amides is 1. The molecular weight excluding hydrogens is 192 g/mol. The number of anilines is 1. The number of nitrogens with two attached hydrogens (primary N) is 1. The largest absolute Gasteiger partial charge is 0.396 e. The summed E-state index contributed by atoms with van der Waals surface area (Å²) in [6, 6.07) is 0.374. The van der Waals surface area contributed by atoms with Crippen LogP contribution >= 0.6 is 0 Å². The van der Waals surface area contributed by atoms with Gasteiger partial charge in [-0.15, -0.1) is 0 Å². The van der Waals surface area contributed by atoms with Crippen LogP contribution in [0, 0.1) is 0 Å². The molecule has 0 aliphatic heterocycles. The van der Waals surface area contributed by atoms with Crippen LogP contribution in [-0.4, -0.2) is 33.7 Å². The Labute approximate surface area is 88.8 Å². The molecule has 0 unspecified atom stereocenters. The molecule has 1 saturated carbocycles. The molecule has 0 bridgehead atoms. The van der Waals surface area contributed by atoms with Crippen molar-refractivity contribution in [3.05, 3.63) is 11.9 Å². The van der Waals surface area contributed by atoms with Crippen LogP contribution in [0.5, 0.6) is 0 Å². The molecular formula is C10H16N4O. The minimum Gasteiger partial charge on any atom is -0.396 e. The van der Waals surface area contributed by atoms with Gasteiger partial charge in [0.05, 0.1) is 5.69 Å². The molecule has 5 nitrogen and oxygen atoms in total. The van der Waals surface area contributed by atoms with E-state index in [1.807, 2.05) is 7.05 Å². The second-order valence-electron chi connectivity index (χ2n) is 4.11. The second-order valence-corrected chi connectivity index (χ2v) is 4.11. The Balaban J connectivity index is 2.15. The molecule has 15 heavy (non-hydrogen) atoms. The lowest BCUT2D eigenvalue weighted by atomic mass is 9.92. The highest BCUT2D eigenvalue weighted by Crippen LogP contribution is 2.25. The average molecular weight is 208 g/mol. The maximum Gasteiger partial charge on any atom is 0.276 e. The number of aryl methyl sites for hydroxylation is 1. The first kappa shape index (κ1) is 10.0. The third-order valence-electron chi connectivity index (χ3n) is 3.00. The highest BCUT2D eigenvalue weighted by Gasteiger charge is 2.28. The van der Waals surface area contributed by atoms with Gasteiger partial charge in [0.15, 0.2) is 5.69 Å². The summed E-state index contributed by atoms with van der Waals surface area (Å²) >= 11 is 0. The van der Waals surface area contributed by atoms with E-state index in [0.717, 1.165) is 12.8 Å². The summed E-state index contributed by atoms with van der Waals surface area (Å²) in [5, 5.41) is 4.07. The molecule has 0 atom stereocenters. The number of hydrogen-bond acceptors (Lipinski definition) is 3. The molecule has 0 saturated heterocycles. The van der Waals surface area contributed by atoms with Crippen LogP contribution in [0.25, 0.3) is 0 Å². The van der Waals surface area contributed by atoms with Crippen molar-refractivity contribution in [1.82, 2.24) is 14.7 Å². The monoisotopic (exact) mass is 208 g/mol. The van der Waals surface area contributed by atoms with Crippen molar-refractivity contribution in [2.24, 2.45) is 7.05 Å². The van der Waals surface area contributed by atoms with Gasteiger partial charge in [0.2, 0.25) is 0 Å². The quantitative estimate of drug-likeness (QED) is 0.775. The molecule has 1 aliphatic rings. The summed E-state index contributed by atoms with van der Waals surface area (Å²) in [5.74, 6) is -0.0715. The van der Waals surface area contributed by atoms with Crippen LogP contribution in [0.3, 0.4) is 0 Å². The Hall–Kier alpha value is -1.52. The van der Waals surface area contributed by atoms with Gasteiger partial charge < -0.3 is 10.6 Å². The lowest BCUT2D eigenvalue weighted by Gasteiger charge is -2.34. The Morgan fingerprint density at radius 2 is 2.33 bits per heavy atom. The van der Waals surface area contributed by atoms with Crippen LogP contribution in [0.2, 0.25) is 0 Å². The van der Waals surface area contributed by atoms with Gasteiger partial charge in [0.25, 0.3) is 5.91 Å². The summed E-state index contributed by atoms with van der Waals surface area (Å²) in [6.45, 7) is 0. The lowest BCUT2D eigenvalue weighted by molar-refractivity contribution is 0.0646. The molecule has 1 fully saturated rings. The topological polar surface area (TPSA) is 64.2 Å². The Kier molecular flexibility index (Phi) is 2.38. The van der Waals surface area contributed by atoms with E-state index in [9.17, 15) is 4.79 Å². The fourth-order valence-electron chi connectivity index (χ4n) is 1.78. The van der Waals surface area contributed by atoms with E-state index in [1.165, 1.54) is 6.42 Å². The van der Waals surface area contributed by atoms with Crippen molar-refractivity contribution in [3.63, 3.8) is 0 Å². The maximum atomic E-state index is 12.0. The molecule has 1 aliphatic carbocycles. The molecule has 1 amide bonds. The van der Waals surface area contributed by atoms with Crippen molar-refractivity contribution in [2.75, 3.05) is 12.8 Å². The average Bonchev–Trinajstić information content (AvgIpc) is 2.41. The predicted octanol–water partition coefficient (Wildman–Crippen LogP) is 0.627. The van der Waals surface area contributed by atoms with E-state index in [-0.39, 0.29) is 5.91 Å². The minimum absolute atomic E-state index is 0.0715. The second kappa shape index (κ2) is 3.56. The molecule has 5 heteroatoms. The molecule has 0 radical (unpaired) electrons. The summed E-state index contributed by atoms with van der Waals surface area (Å²) in [6.07, 6.45) is 5.05. The molecule has 0 aromatic carbocycles. The van der Waals surface area contributed by atoms with Crippen LogP contribution < -0.4 is 5.73 Å². The van der Waals surface area contributed by atoms with Crippen molar-refractivity contribution in [3.8, 4) is 0 Å². The zero-order valence-electron chi connectivity index (χ0n) is 9.10. The van der Waals surface area contributed by atoms with E-state index >= 15 is 0 Å². The molecule has 2 rings (SSSR count). The Morgan fingerprint density at radius 3 is 2.73 bits per heavy atom. The van der Waals surface area contributed by atoms with E-state index < -0.39 is 0 Å². The first-order chi connectivity index (χ1) is 7.09. The normalized spacial score (nSPS) is 16.1. The van der Waals surface area contributed by atoms with Crippen LogP contribution in [0.1, 0.15) is 29.8 Å². The fraction of sp³-hybridized carbons (Fsp3) is 0.600. The van der Waals surface area contributed by atoms with Gasteiger partial charge in [-0.3, -0.25) is 9.48 Å². The van der Waals surface area contributed by atoms with Crippen molar-refractivity contribution in [2.45, 2.75) is 25.3 Å². The van der Waals surface area contributed by atoms with Gasteiger partial charge in [0, 0.05) is 26.3 Å². The first-order valence-electron chi connectivity index (χ1n) is 5.16. The first-order valence-corrected chi connectivity index (χ1v) is 5.16. The zero-order chi connectivity index (χ0) is 11.0. The number of aromatic nitrogens is 2. The number of nitrogens with zero attached hydrogens (tertiary/aromatic N) is 3. The number of hydrogen-bond donors (Lipinski definition) is 1. The predicted molar refractivity (Wildman–Crippen MR) is 57.4 cm³/mol. The van der Waals surface area contributed by atoms with Crippen molar-refractivity contribution >= 4 is 11.6 Å². The number of carbonyl (C=O) groups is 1. The summed E-state index contributed by atoms with van der Waals surface area (Å²) < 4.78 is 1.57. The Morgan fingerprint density at radius 1 is 1.67 bits per heavy atom. The molecule has 2 N–H and O–H groups in total. The van der Waals surface area contributed by atoms with E-state index in [4.69, 9.17) is 5.73 Å². The van der Waals surface area contributed by atoms with E-state index in [0.29, 0.717) is 17.4 Å². The van der Waals surface area contributed by atoms with Crippen LogP contribution in [-0.2, 0) is 7.05 Å². The number of carbonyl (C=O) groups excluding carboxylic acids is 1. The third kappa shape index (κ3) is 1.69. The standard InChI is InChI=1S/C10H16N4O/c1-13-6-8(11)9(12-13)10(15)14(2)7-4-3-5-7/h6-7H,3-5,11H2,1-2H3. The highest BCUT2D eigenvalue weighted by atomic mass is 16.2. The smallest absolute Gasteiger partial charge is 0.276 e. The molecule has 1 aromatic heterocycles. The summed E-state index contributed by atoms with van der Waals surface area (Å²) in [4.78, 5) is 13.7. The maximum absolute atomic E-state index is 12.0. The zero-order valence-corrected chi connectivity index (χ0v) is 9.10. The lowest BCUT2D eigenvalue weighted by Crippen LogP contribution is -2.41. The summed E-state index contributed by atoms with van der Waals surface area (Å²) in [5.41, 5.74) is 6.53. The van der Waals surface area contributed by atoms with Gasteiger partial charge in [0.1, 0.15) is 0 Å². The fourth-order valence-corrected chi connectivity index (χ4v) is 1.78.